The van der Waals surface area contributed by atoms with Crippen molar-refractivity contribution in [2.75, 3.05) is 4.90 Å². The summed E-state index contributed by atoms with van der Waals surface area (Å²) in [6.07, 6.45) is 0. The molecule has 0 spiro atoms. The number of hydrogen-bond donors (Lipinski definition) is 0. The molecule has 0 atom stereocenters. The normalized spacial score (nSPS) is 11.2. The van der Waals surface area contributed by atoms with Crippen molar-refractivity contribution in [3.05, 3.63) is 162 Å². The molecule has 0 saturated carbocycles. The highest BCUT2D eigenvalue weighted by Crippen LogP contribution is 2.39. The van der Waals surface area contributed by atoms with Crippen molar-refractivity contribution in [3.63, 3.8) is 0 Å². The second-order valence-electron chi connectivity index (χ2n) is 11.3. The second-order valence-corrected chi connectivity index (χ2v) is 11.3. The number of rotatable bonds is 5. The van der Waals surface area contributed by atoms with Crippen LogP contribution in [-0.2, 0) is 0 Å². The Kier molecular flexibility index (Phi) is 6.56. The quantitative estimate of drug-likeness (QED) is 0.210. The maximum Gasteiger partial charge on any atom is 0.0468 e. The van der Waals surface area contributed by atoms with Crippen LogP contribution >= 0.6 is 0 Å². The lowest BCUT2D eigenvalue weighted by Gasteiger charge is -2.27. The Hall–Kier alpha value is -5.14. The van der Waals surface area contributed by atoms with Crippen molar-refractivity contribution in [3.8, 4) is 22.3 Å². The van der Waals surface area contributed by atoms with Gasteiger partial charge in [0.25, 0.3) is 0 Å². The molecule has 0 fully saturated rings. The van der Waals surface area contributed by atoms with E-state index in [-0.39, 0.29) is 0 Å². The Balaban J connectivity index is 1.26. The van der Waals surface area contributed by atoms with Gasteiger partial charge in [0.15, 0.2) is 0 Å². The van der Waals surface area contributed by atoms with Gasteiger partial charge in [-0.25, -0.2) is 0 Å². The van der Waals surface area contributed by atoms with Gasteiger partial charge in [0, 0.05) is 17.1 Å². The largest absolute Gasteiger partial charge is 0.310 e. The van der Waals surface area contributed by atoms with Gasteiger partial charge in [-0.15, -0.1) is 0 Å². The van der Waals surface area contributed by atoms with Gasteiger partial charge in [0.2, 0.25) is 0 Å². The molecule has 42 heavy (non-hydrogen) atoms. The molecule has 7 aromatic rings. The number of aryl methyl sites for hydroxylation is 3. The average molecular weight is 540 g/mol. The molecule has 202 valence electrons. The van der Waals surface area contributed by atoms with E-state index in [0.29, 0.717) is 0 Å². The number of fused-ring (bicyclic) bond motifs is 2. The van der Waals surface area contributed by atoms with Crippen LogP contribution in [0.25, 0.3) is 43.8 Å². The van der Waals surface area contributed by atoms with Gasteiger partial charge in [-0.2, -0.15) is 0 Å². The molecule has 0 amide bonds. The topological polar surface area (TPSA) is 3.24 Å². The monoisotopic (exact) mass is 539 g/mol. The molecule has 1 heteroatoms. The third-order valence-corrected chi connectivity index (χ3v) is 8.32. The fourth-order valence-electron chi connectivity index (χ4n) is 6.12. The standard InChI is InChI=1S/C41H33N/c1-28-13-14-35-26-36(16-15-33(35)23-28)34-18-21-40(29(2)24-34)41-22-20-38(25-30(41)3)42(37-11-5-4-6-12-37)39-19-17-31-9-7-8-10-32(31)27-39/h4-27H,1-3H3. The Morgan fingerprint density at radius 2 is 0.905 bits per heavy atom. The van der Waals surface area contributed by atoms with Crippen LogP contribution < -0.4 is 4.90 Å². The number of anilines is 3. The van der Waals surface area contributed by atoms with Gasteiger partial charge >= 0.3 is 0 Å². The maximum atomic E-state index is 2.35. The van der Waals surface area contributed by atoms with E-state index in [1.54, 1.807) is 0 Å². The predicted molar refractivity (Wildman–Crippen MR) is 181 cm³/mol. The molecule has 0 unspecified atom stereocenters. The van der Waals surface area contributed by atoms with Gasteiger partial charge in [-0.1, -0.05) is 109 Å². The van der Waals surface area contributed by atoms with E-state index < -0.39 is 0 Å². The van der Waals surface area contributed by atoms with Gasteiger partial charge in [0.05, 0.1) is 0 Å². The minimum absolute atomic E-state index is 1.14. The lowest BCUT2D eigenvalue weighted by molar-refractivity contribution is 1.27. The molecule has 0 heterocycles. The van der Waals surface area contributed by atoms with E-state index in [2.05, 4.69) is 171 Å². The number of nitrogens with zero attached hydrogens (tertiary/aromatic N) is 1. The molecular weight excluding hydrogens is 506 g/mol. The van der Waals surface area contributed by atoms with Crippen LogP contribution in [0.1, 0.15) is 16.7 Å². The first kappa shape index (κ1) is 25.8. The zero-order valence-corrected chi connectivity index (χ0v) is 24.3. The molecule has 0 aliphatic carbocycles. The van der Waals surface area contributed by atoms with E-state index in [0.717, 1.165) is 17.1 Å². The van der Waals surface area contributed by atoms with Crippen molar-refractivity contribution in [1.29, 1.82) is 0 Å². The van der Waals surface area contributed by atoms with E-state index in [9.17, 15) is 0 Å². The van der Waals surface area contributed by atoms with Crippen LogP contribution in [0.5, 0.6) is 0 Å². The fraction of sp³-hybridized carbons (Fsp3) is 0.0732. The van der Waals surface area contributed by atoms with Crippen LogP contribution in [0.3, 0.4) is 0 Å². The smallest absolute Gasteiger partial charge is 0.0468 e. The lowest BCUT2D eigenvalue weighted by atomic mass is 9.92. The Labute approximate surface area is 248 Å². The second kappa shape index (κ2) is 10.7. The molecule has 7 rings (SSSR count). The first-order valence-electron chi connectivity index (χ1n) is 14.6. The van der Waals surface area contributed by atoms with Crippen LogP contribution in [0, 0.1) is 20.8 Å². The molecule has 0 aliphatic heterocycles. The third kappa shape index (κ3) is 4.84. The van der Waals surface area contributed by atoms with Crippen LogP contribution in [0.15, 0.2) is 146 Å². The molecule has 7 aromatic carbocycles. The highest BCUT2D eigenvalue weighted by atomic mass is 15.1. The third-order valence-electron chi connectivity index (χ3n) is 8.32. The zero-order valence-electron chi connectivity index (χ0n) is 24.3. The van der Waals surface area contributed by atoms with Gasteiger partial charge in [-0.3, -0.25) is 0 Å². The Bertz CT molecular complexity index is 2070. The van der Waals surface area contributed by atoms with Gasteiger partial charge in [-0.05, 0) is 118 Å². The van der Waals surface area contributed by atoms with Crippen molar-refractivity contribution in [1.82, 2.24) is 0 Å². The number of para-hydroxylation sites is 1. The minimum atomic E-state index is 1.14. The minimum Gasteiger partial charge on any atom is -0.310 e. The Morgan fingerprint density at radius 1 is 0.357 bits per heavy atom. The first-order valence-corrected chi connectivity index (χ1v) is 14.6. The number of benzene rings is 7. The summed E-state index contributed by atoms with van der Waals surface area (Å²) < 4.78 is 0. The Morgan fingerprint density at radius 3 is 1.69 bits per heavy atom. The molecular formula is C41H33N. The summed E-state index contributed by atoms with van der Waals surface area (Å²) in [5.41, 5.74) is 12.3. The highest BCUT2D eigenvalue weighted by Gasteiger charge is 2.15. The van der Waals surface area contributed by atoms with Crippen molar-refractivity contribution in [2.24, 2.45) is 0 Å². The SMILES string of the molecule is Cc1ccc2cc(-c3ccc(-c4ccc(N(c5ccccc5)c5ccc6ccccc6c5)cc4C)c(C)c3)ccc2c1. The summed E-state index contributed by atoms with van der Waals surface area (Å²) >= 11 is 0. The zero-order chi connectivity index (χ0) is 28.6. The van der Waals surface area contributed by atoms with Crippen LogP contribution in [-0.4, -0.2) is 0 Å². The molecule has 0 aliphatic rings. The van der Waals surface area contributed by atoms with Gasteiger partial charge in [0.1, 0.15) is 0 Å². The van der Waals surface area contributed by atoms with Crippen LogP contribution in [0.4, 0.5) is 17.1 Å². The molecule has 0 radical (unpaired) electrons. The average Bonchev–Trinajstić information content (AvgIpc) is 3.02. The predicted octanol–water partition coefficient (Wildman–Crippen LogP) is 11.7. The maximum absolute atomic E-state index is 2.35. The van der Waals surface area contributed by atoms with Crippen molar-refractivity contribution in [2.45, 2.75) is 20.8 Å². The summed E-state index contributed by atoms with van der Waals surface area (Å²) in [4.78, 5) is 2.35. The highest BCUT2D eigenvalue weighted by molar-refractivity contribution is 5.90. The summed E-state index contributed by atoms with van der Waals surface area (Å²) in [6.45, 7) is 6.59. The fourth-order valence-corrected chi connectivity index (χ4v) is 6.12. The molecule has 0 N–H and O–H groups in total. The van der Waals surface area contributed by atoms with Gasteiger partial charge < -0.3 is 4.90 Å². The van der Waals surface area contributed by atoms with E-state index in [1.807, 2.05) is 0 Å². The van der Waals surface area contributed by atoms with E-state index >= 15 is 0 Å². The summed E-state index contributed by atoms with van der Waals surface area (Å²) in [5, 5.41) is 5.05. The molecule has 1 nitrogen and oxygen atoms in total. The van der Waals surface area contributed by atoms with E-state index in [4.69, 9.17) is 0 Å². The van der Waals surface area contributed by atoms with Crippen molar-refractivity contribution >= 4 is 38.6 Å². The molecule has 0 saturated heterocycles. The number of hydrogen-bond acceptors (Lipinski definition) is 1. The summed E-state index contributed by atoms with van der Waals surface area (Å²) in [5.74, 6) is 0. The van der Waals surface area contributed by atoms with Crippen LogP contribution in [0.2, 0.25) is 0 Å². The van der Waals surface area contributed by atoms with Crippen molar-refractivity contribution < 1.29 is 0 Å². The molecule has 0 aromatic heterocycles. The first-order chi connectivity index (χ1) is 20.5. The summed E-state index contributed by atoms with van der Waals surface area (Å²) in [6, 6.07) is 53.0. The van der Waals surface area contributed by atoms with E-state index in [1.165, 1.54) is 60.5 Å². The lowest BCUT2D eigenvalue weighted by Crippen LogP contribution is -2.10. The summed E-state index contributed by atoms with van der Waals surface area (Å²) in [7, 11) is 0. The molecule has 0 bridgehead atoms.